The summed E-state index contributed by atoms with van der Waals surface area (Å²) < 4.78 is 5.45. The lowest BCUT2D eigenvalue weighted by atomic mass is 9.47. The van der Waals surface area contributed by atoms with E-state index in [-0.39, 0.29) is 42.4 Å². The Morgan fingerprint density at radius 2 is 1.98 bits per heavy atom. The Labute approximate surface area is 330 Å². The maximum atomic E-state index is 12.8. The fraction of sp³-hybridized carbons (Fsp3) is 0.638. The number of allylic oxidation sites excluding steroid dienone is 7. The van der Waals surface area contributed by atoms with Crippen molar-refractivity contribution < 1.29 is 30.0 Å². The number of carbonyl (C=O) groups is 1. The lowest BCUT2D eigenvalue weighted by molar-refractivity contribution is -0.190. The SMILES string of the molecule is C=C(/C=C/C=C(/CO)[C@@H]1CC[C@]2([C@@H]1O)[C@@H](CCCO)C1=C(C=O)CCC[C@@H]1C[C@]2(O)CCNC)[C@@H]1C/C=C(\C)CN[C@@](C)(CCOC)Cc2cccc(c2)C1. The van der Waals surface area contributed by atoms with E-state index >= 15 is 0 Å². The number of aldehydes is 1. The minimum atomic E-state index is -1.16. The Kier molecular flexibility index (Phi) is 15.5. The smallest absolute Gasteiger partial charge is 0.145 e. The highest BCUT2D eigenvalue weighted by Gasteiger charge is 2.67. The fourth-order valence-electron chi connectivity index (χ4n) is 10.9. The number of rotatable bonds is 15. The zero-order valence-electron chi connectivity index (χ0n) is 34.1. The Hall–Kier alpha value is -2.69. The molecule has 1 aliphatic heterocycles. The van der Waals surface area contributed by atoms with E-state index < -0.39 is 17.1 Å². The molecule has 1 spiro atoms. The predicted molar refractivity (Wildman–Crippen MR) is 222 cm³/mol. The van der Waals surface area contributed by atoms with Crippen LogP contribution in [0.2, 0.25) is 0 Å². The lowest BCUT2D eigenvalue weighted by Gasteiger charge is -2.60. The van der Waals surface area contributed by atoms with E-state index in [9.17, 15) is 25.2 Å². The number of ether oxygens (including phenoxy) is 1. The van der Waals surface area contributed by atoms with Crippen LogP contribution >= 0.6 is 0 Å². The number of hydrogen-bond donors (Lipinski definition) is 6. The molecule has 2 saturated carbocycles. The van der Waals surface area contributed by atoms with E-state index in [1.165, 1.54) is 16.7 Å². The number of fused-ring (bicyclic) bond motifs is 3. The Bertz CT molecular complexity index is 1600. The van der Waals surface area contributed by atoms with E-state index in [1.54, 1.807) is 7.11 Å². The van der Waals surface area contributed by atoms with Crippen molar-refractivity contribution >= 4 is 6.29 Å². The van der Waals surface area contributed by atoms with E-state index in [1.807, 2.05) is 19.2 Å². The topological polar surface area (TPSA) is 131 Å². The third kappa shape index (κ3) is 9.72. The molecule has 4 aliphatic rings. The first-order valence-corrected chi connectivity index (χ1v) is 21.0. The summed E-state index contributed by atoms with van der Waals surface area (Å²) in [5, 5.41) is 53.2. The molecule has 0 unspecified atom stereocenters. The van der Waals surface area contributed by atoms with Gasteiger partial charge in [-0.3, -0.25) is 4.79 Å². The van der Waals surface area contributed by atoms with Gasteiger partial charge in [0, 0.05) is 43.7 Å². The number of benzene rings is 1. The van der Waals surface area contributed by atoms with Gasteiger partial charge in [0.1, 0.15) is 6.29 Å². The van der Waals surface area contributed by atoms with Gasteiger partial charge in [-0.25, -0.2) is 0 Å². The summed E-state index contributed by atoms with van der Waals surface area (Å²) in [4.78, 5) is 12.5. The Morgan fingerprint density at radius 3 is 2.71 bits per heavy atom. The van der Waals surface area contributed by atoms with Crippen molar-refractivity contribution in [1.82, 2.24) is 10.6 Å². The van der Waals surface area contributed by atoms with Gasteiger partial charge < -0.3 is 35.8 Å². The van der Waals surface area contributed by atoms with E-state index in [4.69, 9.17) is 4.74 Å². The average Bonchev–Trinajstić information content (AvgIpc) is 3.52. The summed E-state index contributed by atoms with van der Waals surface area (Å²) in [5.41, 5.74) is 5.43. The second kappa shape index (κ2) is 19.6. The standard InChI is InChI=1S/C47H70N2O6/c1-33-17-18-37(27-35-11-7-12-36(26-35)28-45(3,49-30-33)22-25-55-5)34(2)10-6-14-39(31-51)41-19-20-47(44(41)53)42(16-9-24-50)43-38(13-8-15-40(43)32-52)29-46(47,54)21-23-48-4/h6-7,10-12,14,17,26,32,37-38,41-42,44,48-51,53-54H,2,8-9,13,15-16,18-25,27-31H2,1,3-5H3/b10-6+,33-17+,39-14-/t37-,38-,41+,42+,44-,45+,46-,47-/m1/s1. The van der Waals surface area contributed by atoms with Crippen molar-refractivity contribution in [1.29, 1.82) is 0 Å². The molecule has 8 heteroatoms. The molecule has 2 fully saturated rings. The monoisotopic (exact) mass is 759 g/mol. The fourth-order valence-corrected chi connectivity index (χ4v) is 10.9. The van der Waals surface area contributed by atoms with Crippen molar-refractivity contribution in [2.75, 3.05) is 47.1 Å². The molecule has 55 heavy (non-hydrogen) atoms. The molecule has 5 rings (SSSR count). The van der Waals surface area contributed by atoms with Gasteiger partial charge in [-0.15, -0.1) is 0 Å². The molecule has 1 heterocycles. The minimum absolute atomic E-state index is 0.0128. The van der Waals surface area contributed by atoms with Crippen LogP contribution in [-0.4, -0.2) is 91.0 Å². The summed E-state index contributed by atoms with van der Waals surface area (Å²) in [6.45, 7) is 10.9. The molecule has 0 amide bonds. The maximum Gasteiger partial charge on any atom is 0.145 e. The maximum absolute atomic E-state index is 12.8. The third-order valence-electron chi connectivity index (χ3n) is 13.9. The predicted octanol–water partition coefficient (Wildman–Crippen LogP) is 6.34. The van der Waals surface area contributed by atoms with Crippen molar-refractivity contribution in [3.05, 3.63) is 94.1 Å². The van der Waals surface area contributed by atoms with Crippen molar-refractivity contribution in [3.63, 3.8) is 0 Å². The first-order chi connectivity index (χ1) is 26.5. The minimum Gasteiger partial charge on any atom is -0.396 e. The number of methoxy groups -OCH3 is 1. The normalized spacial score (nSPS) is 34.2. The van der Waals surface area contributed by atoms with Crippen LogP contribution in [0, 0.1) is 29.1 Å². The summed E-state index contributed by atoms with van der Waals surface area (Å²) in [6.07, 6.45) is 17.8. The first kappa shape index (κ1) is 43.4. The zero-order valence-corrected chi connectivity index (χ0v) is 34.1. The van der Waals surface area contributed by atoms with Gasteiger partial charge in [0.05, 0.1) is 18.3 Å². The average molecular weight is 759 g/mol. The summed E-state index contributed by atoms with van der Waals surface area (Å²) in [7, 11) is 3.64. The van der Waals surface area contributed by atoms with Crippen LogP contribution in [-0.2, 0) is 22.4 Å². The van der Waals surface area contributed by atoms with Gasteiger partial charge in [-0.2, -0.15) is 0 Å². The summed E-state index contributed by atoms with van der Waals surface area (Å²) in [6, 6.07) is 8.91. The van der Waals surface area contributed by atoms with Crippen LogP contribution in [0.4, 0.5) is 0 Å². The molecule has 304 valence electrons. The van der Waals surface area contributed by atoms with Gasteiger partial charge >= 0.3 is 0 Å². The van der Waals surface area contributed by atoms with Crippen molar-refractivity contribution in [2.45, 2.75) is 115 Å². The number of aliphatic hydroxyl groups excluding tert-OH is 3. The van der Waals surface area contributed by atoms with E-state index in [0.29, 0.717) is 51.7 Å². The van der Waals surface area contributed by atoms with Gasteiger partial charge in [0.2, 0.25) is 0 Å². The molecule has 8 nitrogen and oxygen atoms in total. The van der Waals surface area contributed by atoms with Gasteiger partial charge in [0.25, 0.3) is 0 Å². The van der Waals surface area contributed by atoms with Crippen LogP contribution in [0.3, 0.4) is 0 Å². The van der Waals surface area contributed by atoms with Crippen molar-refractivity contribution in [3.8, 4) is 0 Å². The Morgan fingerprint density at radius 1 is 1.18 bits per heavy atom. The van der Waals surface area contributed by atoms with Crippen LogP contribution in [0.25, 0.3) is 0 Å². The van der Waals surface area contributed by atoms with Crippen LogP contribution < -0.4 is 10.6 Å². The molecule has 1 aromatic rings. The van der Waals surface area contributed by atoms with Crippen molar-refractivity contribution in [2.24, 2.45) is 29.1 Å². The van der Waals surface area contributed by atoms with Crippen LogP contribution in [0.5, 0.6) is 0 Å². The number of carbonyl (C=O) groups excluding carboxylic acids is 1. The highest BCUT2D eigenvalue weighted by Crippen LogP contribution is 2.66. The van der Waals surface area contributed by atoms with E-state index in [2.05, 4.69) is 67.5 Å². The van der Waals surface area contributed by atoms with Crippen LogP contribution in [0.1, 0.15) is 95.6 Å². The highest BCUT2D eigenvalue weighted by atomic mass is 16.5. The number of nitrogens with one attached hydrogen (secondary N) is 2. The highest BCUT2D eigenvalue weighted by molar-refractivity contribution is 5.75. The lowest BCUT2D eigenvalue weighted by Crippen LogP contribution is -2.63. The summed E-state index contributed by atoms with van der Waals surface area (Å²) in [5.74, 6) is -0.292. The quantitative estimate of drug-likeness (QED) is 0.0695. The molecule has 1 aromatic carbocycles. The summed E-state index contributed by atoms with van der Waals surface area (Å²) >= 11 is 0. The Balaban J connectivity index is 1.41. The second-order valence-corrected chi connectivity index (χ2v) is 17.5. The largest absolute Gasteiger partial charge is 0.396 e. The molecule has 8 atom stereocenters. The van der Waals surface area contributed by atoms with Gasteiger partial charge in [-0.1, -0.05) is 71.9 Å². The molecular formula is C47H70N2O6. The molecule has 3 aliphatic carbocycles. The number of hydrogen-bond acceptors (Lipinski definition) is 8. The molecule has 6 N–H and O–H groups in total. The van der Waals surface area contributed by atoms with Gasteiger partial charge in [-0.05, 0) is 151 Å². The van der Waals surface area contributed by atoms with Crippen LogP contribution in [0.15, 0.2) is 83.0 Å². The molecule has 2 bridgehead atoms. The number of aliphatic hydroxyl groups is 4. The first-order valence-electron chi connectivity index (χ1n) is 21.0. The molecule has 0 saturated heterocycles. The zero-order chi connectivity index (χ0) is 39.6. The molecule has 0 aromatic heterocycles. The second-order valence-electron chi connectivity index (χ2n) is 17.5. The third-order valence-corrected chi connectivity index (χ3v) is 13.9. The van der Waals surface area contributed by atoms with E-state index in [0.717, 1.165) is 80.1 Å². The van der Waals surface area contributed by atoms with Gasteiger partial charge in [0.15, 0.2) is 0 Å². The molecular weight excluding hydrogens is 689 g/mol. The molecule has 0 radical (unpaired) electrons.